The summed E-state index contributed by atoms with van der Waals surface area (Å²) in [4.78, 5) is 9.95. The SMILES string of the molecule is O=[N+]([O-])c1ccc(CCNCCSC(F)(F)F)cc1. The number of halogens is 3. The molecule has 19 heavy (non-hydrogen) atoms. The topological polar surface area (TPSA) is 55.2 Å². The molecule has 0 spiro atoms. The molecule has 0 aliphatic carbocycles. The first-order valence-electron chi connectivity index (χ1n) is 5.53. The van der Waals surface area contributed by atoms with Gasteiger partial charge in [-0.25, -0.2) is 0 Å². The summed E-state index contributed by atoms with van der Waals surface area (Å²) >= 11 is -0.0525. The molecule has 1 N–H and O–H groups in total. The quantitative estimate of drug-likeness (QED) is 0.477. The first kappa shape index (κ1) is 15.8. The van der Waals surface area contributed by atoms with E-state index < -0.39 is 10.4 Å². The first-order chi connectivity index (χ1) is 8.88. The maximum absolute atomic E-state index is 11.8. The Labute approximate surface area is 112 Å². The molecule has 0 aliphatic rings. The summed E-state index contributed by atoms with van der Waals surface area (Å²) in [6.07, 6.45) is 0.620. The number of nitrogens with zero attached hydrogens (tertiary/aromatic N) is 1. The standard InChI is InChI=1S/C11H13F3N2O2S/c12-11(13,14)19-8-7-15-6-5-9-1-3-10(4-2-9)16(17)18/h1-4,15H,5-8H2. The van der Waals surface area contributed by atoms with Crippen LogP contribution in [0.4, 0.5) is 18.9 Å². The van der Waals surface area contributed by atoms with E-state index in [4.69, 9.17) is 0 Å². The van der Waals surface area contributed by atoms with Gasteiger partial charge in [0.05, 0.1) is 4.92 Å². The van der Waals surface area contributed by atoms with Crippen molar-refractivity contribution in [2.24, 2.45) is 0 Å². The van der Waals surface area contributed by atoms with Gasteiger partial charge in [0.1, 0.15) is 0 Å². The van der Waals surface area contributed by atoms with E-state index in [1.807, 2.05) is 0 Å². The summed E-state index contributed by atoms with van der Waals surface area (Å²) in [6, 6.07) is 6.11. The van der Waals surface area contributed by atoms with Gasteiger partial charge < -0.3 is 5.32 Å². The van der Waals surface area contributed by atoms with Crippen LogP contribution in [-0.2, 0) is 6.42 Å². The molecule has 0 fully saturated rings. The van der Waals surface area contributed by atoms with E-state index >= 15 is 0 Å². The minimum absolute atomic E-state index is 0.0240. The van der Waals surface area contributed by atoms with E-state index in [0.717, 1.165) is 5.56 Å². The van der Waals surface area contributed by atoms with Crippen molar-refractivity contribution in [3.05, 3.63) is 39.9 Å². The molecular weight excluding hydrogens is 281 g/mol. The van der Waals surface area contributed by atoms with Crippen molar-refractivity contribution in [2.45, 2.75) is 11.9 Å². The van der Waals surface area contributed by atoms with Crippen molar-refractivity contribution < 1.29 is 18.1 Å². The third kappa shape index (κ3) is 7.02. The Balaban J connectivity index is 2.17. The van der Waals surface area contributed by atoms with Crippen LogP contribution in [0.3, 0.4) is 0 Å². The van der Waals surface area contributed by atoms with Gasteiger partial charge in [0.2, 0.25) is 0 Å². The van der Waals surface area contributed by atoms with Crippen LogP contribution in [-0.4, -0.2) is 29.3 Å². The highest BCUT2D eigenvalue weighted by atomic mass is 32.2. The monoisotopic (exact) mass is 294 g/mol. The van der Waals surface area contributed by atoms with Crippen LogP contribution in [0.25, 0.3) is 0 Å². The van der Waals surface area contributed by atoms with Crippen LogP contribution in [0.5, 0.6) is 0 Å². The highest BCUT2D eigenvalue weighted by Gasteiger charge is 2.27. The third-order valence-corrected chi connectivity index (χ3v) is 3.02. The molecule has 0 atom stereocenters. The van der Waals surface area contributed by atoms with Crippen molar-refractivity contribution in [3.8, 4) is 0 Å². The molecule has 106 valence electrons. The number of nitro benzene ring substituents is 1. The van der Waals surface area contributed by atoms with E-state index in [0.29, 0.717) is 13.0 Å². The lowest BCUT2D eigenvalue weighted by Crippen LogP contribution is -2.21. The van der Waals surface area contributed by atoms with Gasteiger partial charge in [-0.05, 0) is 30.3 Å². The zero-order chi connectivity index (χ0) is 14.3. The summed E-state index contributed by atoms with van der Waals surface area (Å²) in [5.74, 6) is -0.0240. The van der Waals surface area contributed by atoms with E-state index in [2.05, 4.69) is 5.32 Å². The molecule has 0 saturated carbocycles. The van der Waals surface area contributed by atoms with Crippen LogP contribution in [0.15, 0.2) is 24.3 Å². The molecule has 1 aromatic carbocycles. The molecule has 0 radical (unpaired) electrons. The minimum Gasteiger partial charge on any atom is -0.316 e. The van der Waals surface area contributed by atoms with Gasteiger partial charge in [-0.2, -0.15) is 13.2 Å². The molecule has 8 heteroatoms. The van der Waals surface area contributed by atoms with Gasteiger partial charge >= 0.3 is 5.51 Å². The number of hydrogen-bond acceptors (Lipinski definition) is 4. The number of benzene rings is 1. The van der Waals surface area contributed by atoms with Crippen LogP contribution >= 0.6 is 11.8 Å². The lowest BCUT2D eigenvalue weighted by Gasteiger charge is -2.06. The Bertz CT molecular complexity index is 409. The highest BCUT2D eigenvalue weighted by Crippen LogP contribution is 2.29. The fourth-order valence-corrected chi connectivity index (χ4v) is 1.86. The number of nitro groups is 1. The highest BCUT2D eigenvalue weighted by molar-refractivity contribution is 8.00. The summed E-state index contributed by atoms with van der Waals surface area (Å²) in [5, 5.41) is 13.3. The van der Waals surface area contributed by atoms with Crippen molar-refractivity contribution in [1.29, 1.82) is 0 Å². The van der Waals surface area contributed by atoms with Crippen LogP contribution in [0.2, 0.25) is 0 Å². The normalized spacial score (nSPS) is 11.5. The number of thioether (sulfide) groups is 1. The van der Waals surface area contributed by atoms with Gasteiger partial charge in [0.25, 0.3) is 5.69 Å². The van der Waals surface area contributed by atoms with E-state index in [9.17, 15) is 23.3 Å². The molecule has 0 heterocycles. The molecule has 1 aromatic rings. The van der Waals surface area contributed by atoms with Gasteiger partial charge in [-0.1, -0.05) is 12.1 Å². The second-order valence-corrected chi connectivity index (χ2v) is 4.88. The Kier molecular flexibility index (Phi) is 6.10. The van der Waals surface area contributed by atoms with Gasteiger partial charge in [0, 0.05) is 24.4 Å². The molecular formula is C11H13F3N2O2S. The van der Waals surface area contributed by atoms with Crippen LogP contribution in [0.1, 0.15) is 5.56 Å². The van der Waals surface area contributed by atoms with Crippen LogP contribution < -0.4 is 5.32 Å². The predicted molar refractivity (Wildman–Crippen MR) is 68.2 cm³/mol. The fraction of sp³-hybridized carbons (Fsp3) is 0.455. The maximum Gasteiger partial charge on any atom is 0.441 e. The predicted octanol–water partition coefficient (Wildman–Crippen LogP) is 2.98. The summed E-state index contributed by atoms with van der Waals surface area (Å²) in [7, 11) is 0. The molecule has 1 rings (SSSR count). The zero-order valence-electron chi connectivity index (χ0n) is 9.94. The summed E-state index contributed by atoms with van der Waals surface area (Å²) < 4.78 is 35.4. The summed E-state index contributed by atoms with van der Waals surface area (Å²) in [5.41, 5.74) is -3.25. The van der Waals surface area contributed by atoms with Gasteiger partial charge in [0.15, 0.2) is 0 Å². The van der Waals surface area contributed by atoms with Crippen molar-refractivity contribution in [1.82, 2.24) is 5.32 Å². The molecule has 0 bridgehead atoms. The summed E-state index contributed by atoms with van der Waals surface area (Å²) in [6.45, 7) is 0.813. The van der Waals surface area contributed by atoms with Gasteiger partial charge in [-0.3, -0.25) is 10.1 Å². The van der Waals surface area contributed by atoms with Crippen molar-refractivity contribution in [3.63, 3.8) is 0 Å². The maximum atomic E-state index is 11.8. The third-order valence-electron chi connectivity index (χ3n) is 2.28. The number of non-ortho nitro benzene ring substituents is 1. The fourth-order valence-electron chi connectivity index (χ4n) is 1.38. The number of alkyl halides is 3. The first-order valence-corrected chi connectivity index (χ1v) is 6.52. The largest absolute Gasteiger partial charge is 0.441 e. The Morgan fingerprint density at radius 3 is 2.37 bits per heavy atom. The molecule has 0 unspecified atom stereocenters. The van der Waals surface area contributed by atoms with E-state index in [1.54, 1.807) is 12.1 Å². The average Bonchev–Trinajstić information content (AvgIpc) is 2.33. The molecule has 0 aromatic heterocycles. The Morgan fingerprint density at radius 2 is 1.84 bits per heavy atom. The number of hydrogen-bond donors (Lipinski definition) is 1. The molecule has 0 saturated heterocycles. The van der Waals surface area contributed by atoms with Crippen molar-refractivity contribution >= 4 is 17.4 Å². The van der Waals surface area contributed by atoms with Gasteiger partial charge in [-0.15, -0.1) is 0 Å². The molecule has 4 nitrogen and oxygen atoms in total. The van der Waals surface area contributed by atoms with Crippen LogP contribution in [0, 0.1) is 10.1 Å². The number of rotatable bonds is 7. The molecule has 0 amide bonds. The molecule has 0 aliphatic heterocycles. The lowest BCUT2D eigenvalue weighted by atomic mass is 10.1. The smallest absolute Gasteiger partial charge is 0.316 e. The Hall–Kier alpha value is -1.28. The minimum atomic E-state index is -4.18. The Morgan fingerprint density at radius 1 is 1.21 bits per heavy atom. The number of nitrogens with one attached hydrogen (secondary N) is 1. The lowest BCUT2D eigenvalue weighted by molar-refractivity contribution is -0.384. The van der Waals surface area contributed by atoms with Crippen molar-refractivity contribution in [2.75, 3.05) is 18.8 Å². The average molecular weight is 294 g/mol. The zero-order valence-corrected chi connectivity index (χ0v) is 10.8. The second-order valence-electron chi connectivity index (χ2n) is 3.72. The second kappa shape index (κ2) is 7.34. The van der Waals surface area contributed by atoms with E-state index in [-0.39, 0.29) is 29.7 Å². The van der Waals surface area contributed by atoms with E-state index in [1.165, 1.54) is 12.1 Å².